The van der Waals surface area contributed by atoms with Crippen molar-refractivity contribution < 1.29 is 4.39 Å². The molecule has 94 valence electrons. The summed E-state index contributed by atoms with van der Waals surface area (Å²) in [6.45, 7) is 0. The Bertz CT molecular complexity index is 559. The number of benzene rings is 2. The van der Waals surface area contributed by atoms with E-state index in [4.69, 9.17) is 11.6 Å². The second-order valence-electron chi connectivity index (χ2n) is 3.91. The standard InChI is InChI=1S/C14H12ClFIN/c1-18-14(11-4-2-3-5-13(11)17)10-7-6-9(15)8-12(10)16/h2-8,14,18H,1H3. The van der Waals surface area contributed by atoms with E-state index < -0.39 is 0 Å². The maximum atomic E-state index is 14.0. The summed E-state index contributed by atoms with van der Waals surface area (Å²) < 4.78 is 15.1. The van der Waals surface area contributed by atoms with E-state index in [1.807, 2.05) is 31.3 Å². The van der Waals surface area contributed by atoms with Gasteiger partial charge in [-0.1, -0.05) is 35.9 Å². The van der Waals surface area contributed by atoms with Gasteiger partial charge in [-0.15, -0.1) is 0 Å². The minimum atomic E-state index is -0.290. The molecule has 2 rings (SSSR count). The smallest absolute Gasteiger partial charge is 0.129 e. The molecular formula is C14H12ClFIN. The van der Waals surface area contributed by atoms with Crippen LogP contribution >= 0.6 is 34.2 Å². The fourth-order valence-corrected chi connectivity index (χ4v) is 2.78. The monoisotopic (exact) mass is 375 g/mol. The van der Waals surface area contributed by atoms with Crippen LogP contribution < -0.4 is 5.32 Å². The van der Waals surface area contributed by atoms with Gasteiger partial charge in [0.05, 0.1) is 6.04 Å². The van der Waals surface area contributed by atoms with Gasteiger partial charge in [-0.25, -0.2) is 4.39 Å². The second-order valence-corrected chi connectivity index (χ2v) is 5.51. The molecule has 0 radical (unpaired) electrons. The molecule has 1 N–H and O–H groups in total. The molecule has 0 fully saturated rings. The topological polar surface area (TPSA) is 12.0 Å². The van der Waals surface area contributed by atoms with E-state index in [9.17, 15) is 4.39 Å². The molecule has 2 aromatic carbocycles. The number of hydrogen-bond donors (Lipinski definition) is 1. The maximum Gasteiger partial charge on any atom is 0.129 e. The van der Waals surface area contributed by atoms with Crippen LogP contribution in [0, 0.1) is 9.39 Å². The van der Waals surface area contributed by atoms with Crippen molar-refractivity contribution in [2.24, 2.45) is 0 Å². The Labute approximate surface area is 124 Å². The van der Waals surface area contributed by atoms with E-state index >= 15 is 0 Å². The molecule has 18 heavy (non-hydrogen) atoms. The molecule has 0 saturated carbocycles. The lowest BCUT2D eigenvalue weighted by molar-refractivity contribution is 0.575. The molecule has 0 saturated heterocycles. The van der Waals surface area contributed by atoms with Crippen LogP contribution in [-0.2, 0) is 0 Å². The van der Waals surface area contributed by atoms with Gasteiger partial charge in [-0.05, 0) is 53.4 Å². The molecule has 0 aromatic heterocycles. The summed E-state index contributed by atoms with van der Waals surface area (Å²) in [4.78, 5) is 0. The summed E-state index contributed by atoms with van der Waals surface area (Å²) in [7, 11) is 1.82. The lowest BCUT2D eigenvalue weighted by Gasteiger charge is -2.19. The first kappa shape index (κ1) is 13.8. The third-order valence-electron chi connectivity index (χ3n) is 2.78. The Morgan fingerprint density at radius 3 is 2.50 bits per heavy atom. The number of hydrogen-bond acceptors (Lipinski definition) is 1. The average Bonchev–Trinajstić information content (AvgIpc) is 2.34. The molecule has 0 aliphatic rings. The Morgan fingerprint density at radius 1 is 1.17 bits per heavy atom. The summed E-state index contributed by atoms with van der Waals surface area (Å²) in [5.74, 6) is -0.290. The molecule has 1 unspecified atom stereocenters. The quantitative estimate of drug-likeness (QED) is 0.785. The Kier molecular flexibility index (Phi) is 4.59. The minimum Gasteiger partial charge on any atom is -0.309 e. The van der Waals surface area contributed by atoms with Crippen LogP contribution in [0.3, 0.4) is 0 Å². The molecule has 2 aromatic rings. The molecule has 0 aliphatic heterocycles. The van der Waals surface area contributed by atoms with Crippen molar-refractivity contribution >= 4 is 34.2 Å². The van der Waals surface area contributed by atoms with Gasteiger partial charge in [-0.2, -0.15) is 0 Å². The van der Waals surface area contributed by atoms with E-state index in [0.29, 0.717) is 10.6 Å². The van der Waals surface area contributed by atoms with Gasteiger partial charge in [0.1, 0.15) is 5.82 Å². The van der Waals surface area contributed by atoms with E-state index in [2.05, 4.69) is 27.9 Å². The highest BCUT2D eigenvalue weighted by molar-refractivity contribution is 14.1. The van der Waals surface area contributed by atoms with Crippen LogP contribution in [0.5, 0.6) is 0 Å². The minimum absolute atomic E-state index is 0.171. The third kappa shape index (κ3) is 2.84. The largest absolute Gasteiger partial charge is 0.309 e. The van der Waals surface area contributed by atoms with Crippen molar-refractivity contribution in [2.45, 2.75) is 6.04 Å². The van der Waals surface area contributed by atoms with Gasteiger partial charge in [0.15, 0.2) is 0 Å². The van der Waals surface area contributed by atoms with Crippen LogP contribution in [0.25, 0.3) is 0 Å². The van der Waals surface area contributed by atoms with Crippen molar-refractivity contribution in [1.29, 1.82) is 0 Å². The Morgan fingerprint density at radius 2 is 1.89 bits per heavy atom. The number of nitrogens with one attached hydrogen (secondary N) is 1. The van der Waals surface area contributed by atoms with Crippen molar-refractivity contribution in [2.75, 3.05) is 7.05 Å². The molecule has 0 bridgehead atoms. The molecule has 4 heteroatoms. The van der Waals surface area contributed by atoms with Crippen molar-refractivity contribution in [3.63, 3.8) is 0 Å². The summed E-state index contributed by atoms with van der Waals surface area (Å²) in [5.41, 5.74) is 1.66. The van der Waals surface area contributed by atoms with Gasteiger partial charge < -0.3 is 5.32 Å². The highest BCUT2D eigenvalue weighted by Gasteiger charge is 2.18. The zero-order valence-electron chi connectivity index (χ0n) is 9.75. The lowest BCUT2D eigenvalue weighted by Crippen LogP contribution is -2.19. The molecule has 1 atom stereocenters. The van der Waals surface area contributed by atoms with Crippen LogP contribution in [0.1, 0.15) is 17.2 Å². The molecule has 0 aliphatic carbocycles. The zero-order chi connectivity index (χ0) is 13.1. The first-order valence-corrected chi connectivity index (χ1v) is 6.96. The highest BCUT2D eigenvalue weighted by atomic mass is 127. The van der Waals surface area contributed by atoms with E-state index in [1.54, 1.807) is 12.1 Å². The average molecular weight is 376 g/mol. The predicted octanol–water partition coefficient (Wildman–Crippen LogP) is 4.39. The number of halogens is 3. The Hall–Kier alpha value is -0.650. The van der Waals surface area contributed by atoms with Crippen LogP contribution in [0.2, 0.25) is 5.02 Å². The Balaban J connectivity index is 2.49. The normalized spacial score (nSPS) is 12.4. The molecule has 0 heterocycles. The summed E-state index contributed by atoms with van der Waals surface area (Å²) in [6, 6.07) is 12.5. The summed E-state index contributed by atoms with van der Waals surface area (Å²) in [6.07, 6.45) is 0. The fourth-order valence-electron chi connectivity index (χ4n) is 1.92. The lowest BCUT2D eigenvalue weighted by atomic mass is 9.98. The summed E-state index contributed by atoms with van der Waals surface area (Å²) >= 11 is 8.04. The third-order valence-corrected chi connectivity index (χ3v) is 4.00. The van der Waals surface area contributed by atoms with Crippen LogP contribution in [0.15, 0.2) is 42.5 Å². The van der Waals surface area contributed by atoms with Gasteiger partial charge in [0.2, 0.25) is 0 Å². The van der Waals surface area contributed by atoms with Gasteiger partial charge in [0.25, 0.3) is 0 Å². The van der Waals surface area contributed by atoms with Gasteiger partial charge in [-0.3, -0.25) is 0 Å². The second kappa shape index (κ2) is 5.99. The molecule has 1 nitrogen and oxygen atoms in total. The first-order chi connectivity index (χ1) is 8.63. The first-order valence-electron chi connectivity index (χ1n) is 5.50. The zero-order valence-corrected chi connectivity index (χ0v) is 12.7. The van der Waals surface area contributed by atoms with E-state index in [1.165, 1.54) is 6.07 Å². The molecular weight excluding hydrogens is 364 g/mol. The van der Waals surface area contributed by atoms with Crippen LogP contribution in [-0.4, -0.2) is 7.05 Å². The highest BCUT2D eigenvalue weighted by Crippen LogP contribution is 2.28. The fraction of sp³-hybridized carbons (Fsp3) is 0.143. The van der Waals surface area contributed by atoms with Gasteiger partial charge in [0, 0.05) is 14.2 Å². The van der Waals surface area contributed by atoms with Crippen molar-refractivity contribution in [1.82, 2.24) is 5.32 Å². The van der Waals surface area contributed by atoms with E-state index in [-0.39, 0.29) is 11.9 Å². The van der Waals surface area contributed by atoms with Crippen molar-refractivity contribution in [3.05, 3.63) is 68.0 Å². The summed E-state index contributed by atoms with van der Waals surface area (Å²) in [5, 5.41) is 3.56. The molecule has 0 amide bonds. The predicted molar refractivity (Wildman–Crippen MR) is 81.5 cm³/mol. The van der Waals surface area contributed by atoms with Crippen molar-refractivity contribution in [3.8, 4) is 0 Å². The SMILES string of the molecule is CNC(c1ccc(Cl)cc1F)c1ccccc1I. The molecule has 0 spiro atoms. The van der Waals surface area contributed by atoms with Gasteiger partial charge >= 0.3 is 0 Å². The van der Waals surface area contributed by atoms with E-state index in [0.717, 1.165) is 9.13 Å². The number of rotatable bonds is 3. The van der Waals surface area contributed by atoms with Crippen LogP contribution in [0.4, 0.5) is 4.39 Å². The maximum absolute atomic E-state index is 14.0.